The Balaban J connectivity index is 2.20. The first-order chi connectivity index (χ1) is 9.61. The van der Waals surface area contributed by atoms with E-state index in [-0.39, 0.29) is 0 Å². The van der Waals surface area contributed by atoms with Crippen LogP contribution in [0, 0.1) is 12.3 Å². The van der Waals surface area contributed by atoms with Crippen LogP contribution >= 0.6 is 11.6 Å². The SMILES string of the molecule is CCNC(Cc1ccc(C)cc1Cl)C1(CC)CCCC1. The molecular formula is C18H28ClN. The van der Waals surface area contributed by atoms with Crippen LogP contribution in [0.5, 0.6) is 0 Å². The summed E-state index contributed by atoms with van der Waals surface area (Å²) in [6.45, 7) is 7.70. The average Bonchev–Trinajstić information content (AvgIpc) is 2.91. The maximum atomic E-state index is 6.44. The lowest BCUT2D eigenvalue weighted by molar-refractivity contribution is 0.186. The van der Waals surface area contributed by atoms with Crippen molar-refractivity contribution in [2.45, 2.75) is 65.3 Å². The van der Waals surface area contributed by atoms with Crippen LogP contribution in [0.25, 0.3) is 0 Å². The lowest BCUT2D eigenvalue weighted by Crippen LogP contribution is -2.45. The summed E-state index contributed by atoms with van der Waals surface area (Å²) in [6, 6.07) is 7.03. The predicted octanol–water partition coefficient (Wildman–Crippen LogP) is 5.14. The number of rotatable bonds is 6. The van der Waals surface area contributed by atoms with Crippen LogP contribution in [-0.4, -0.2) is 12.6 Å². The maximum absolute atomic E-state index is 6.44. The van der Waals surface area contributed by atoms with Crippen molar-refractivity contribution in [2.75, 3.05) is 6.54 Å². The number of hydrogen-bond donors (Lipinski definition) is 1. The van der Waals surface area contributed by atoms with Crippen LogP contribution in [0.1, 0.15) is 57.1 Å². The van der Waals surface area contributed by atoms with E-state index in [2.05, 4.69) is 44.3 Å². The van der Waals surface area contributed by atoms with E-state index >= 15 is 0 Å². The largest absolute Gasteiger partial charge is 0.313 e. The van der Waals surface area contributed by atoms with E-state index in [0.29, 0.717) is 11.5 Å². The lowest BCUT2D eigenvalue weighted by atomic mass is 9.74. The predicted molar refractivity (Wildman–Crippen MR) is 88.5 cm³/mol. The molecule has 1 aromatic rings. The Hall–Kier alpha value is -0.530. The standard InChI is InChI=1S/C18H28ClN/c1-4-18(10-6-7-11-18)17(20-5-2)13-15-9-8-14(3)12-16(15)19/h8-9,12,17,20H,4-7,10-11,13H2,1-3H3. The molecule has 0 aromatic heterocycles. The van der Waals surface area contributed by atoms with E-state index in [1.165, 1.54) is 43.2 Å². The molecule has 0 saturated heterocycles. The first kappa shape index (κ1) is 15.9. The molecule has 0 amide bonds. The van der Waals surface area contributed by atoms with Gasteiger partial charge in [0, 0.05) is 11.1 Å². The number of likely N-dealkylation sites (N-methyl/N-ethyl adjacent to an activating group) is 1. The molecule has 0 radical (unpaired) electrons. The van der Waals surface area contributed by atoms with Crippen molar-refractivity contribution in [3.8, 4) is 0 Å². The molecular weight excluding hydrogens is 266 g/mol. The van der Waals surface area contributed by atoms with Crippen LogP contribution in [0.2, 0.25) is 5.02 Å². The summed E-state index contributed by atoms with van der Waals surface area (Å²) in [5.41, 5.74) is 3.01. The third-order valence-corrected chi connectivity index (χ3v) is 5.48. The topological polar surface area (TPSA) is 12.0 Å². The Bertz CT molecular complexity index is 435. The van der Waals surface area contributed by atoms with Gasteiger partial charge in [-0.05, 0) is 61.8 Å². The quantitative estimate of drug-likeness (QED) is 0.766. The van der Waals surface area contributed by atoms with Gasteiger partial charge in [-0.3, -0.25) is 0 Å². The van der Waals surface area contributed by atoms with Gasteiger partial charge in [0.05, 0.1) is 0 Å². The second kappa shape index (κ2) is 6.95. The molecule has 0 heterocycles. The Labute approximate surface area is 129 Å². The van der Waals surface area contributed by atoms with Crippen molar-refractivity contribution in [3.63, 3.8) is 0 Å². The summed E-state index contributed by atoms with van der Waals surface area (Å²) in [7, 11) is 0. The van der Waals surface area contributed by atoms with Crippen molar-refractivity contribution >= 4 is 11.6 Å². The molecule has 2 rings (SSSR count). The highest BCUT2D eigenvalue weighted by Crippen LogP contribution is 2.45. The Kier molecular flexibility index (Phi) is 5.51. The van der Waals surface area contributed by atoms with Gasteiger partial charge in [0.1, 0.15) is 0 Å². The van der Waals surface area contributed by atoms with Crippen LogP contribution in [0.4, 0.5) is 0 Å². The minimum atomic E-state index is 0.476. The zero-order valence-electron chi connectivity index (χ0n) is 13.1. The fourth-order valence-corrected chi connectivity index (χ4v) is 4.13. The van der Waals surface area contributed by atoms with Crippen molar-refractivity contribution in [1.82, 2.24) is 5.32 Å². The van der Waals surface area contributed by atoms with Gasteiger partial charge in [0.15, 0.2) is 0 Å². The van der Waals surface area contributed by atoms with Gasteiger partial charge in [-0.25, -0.2) is 0 Å². The van der Waals surface area contributed by atoms with Gasteiger partial charge in [-0.1, -0.05) is 50.4 Å². The van der Waals surface area contributed by atoms with E-state index in [1.54, 1.807) is 0 Å². The summed E-state index contributed by atoms with van der Waals surface area (Å²) >= 11 is 6.44. The number of halogens is 1. The number of benzene rings is 1. The fourth-order valence-electron chi connectivity index (χ4n) is 3.82. The van der Waals surface area contributed by atoms with Crippen LogP contribution < -0.4 is 5.32 Å². The molecule has 1 saturated carbocycles. The molecule has 2 heteroatoms. The van der Waals surface area contributed by atoms with Gasteiger partial charge in [0.25, 0.3) is 0 Å². The van der Waals surface area contributed by atoms with E-state index in [0.717, 1.165) is 18.0 Å². The summed E-state index contributed by atoms with van der Waals surface area (Å²) in [5.74, 6) is 0. The summed E-state index contributed by atoms with van der Waals surface area (Å²) in [6.07, 6.45) is 7.83. The van der Waals surface area contributed by atoms with E-state index in [1.807, 2.05) is 0 Å². The van der Waals surface area contributed by atoms with Gasteiger partial charge >= 0.3 is 0 Å². The van der Waals surface area contributed by atoms with E-state index in [9.17, 15) is 0 Å². The van der Waals surface area contributed by atoms with Crippen LogP contribution in [0.15, 0.2) is 18.2 Å². The van der Waals surface area contributed by atoms with Crippen molar-refractivity contribution in [1.29, 1.82) is 0 Å². The van der Waals surface area contributed by atoms with Gasteiger partial charge < -0.3 is 5.32 Å². The van der Waals surface area contributed by atoms with Gasteiger partial charge in [-0.15, -0.1) is 0 Å². The van der Waals surface area contributed by atoms with Crippen LogP contribution in [0.3, 0.4) is 0 Å². The Morgan fingerprint density at radius 2 is 1.95 bits per heavy atom. The normalized spacial score (nSPS) is 19.2. The molecule has 1 fully saturated rings. The van der Waals surface area contributed by atoms with Crippen molar-refractivity contribution in [2.24, 2.45) is 5.41 Å². The second-order valence-corrected chi connectivity index (χ2v) is 6.74. The fraction of sp³-hybridized carbons (Fsp3) is 0.667. The molecule has 1 atom stereocenters. The molecule has 112 valence electrons. The van der Waals surface area contributed by atoms with Crippen LogP contribution in [-0.2, 0) is 6.42 Å². The van der Waals surface area contributed by atoms with E-state index < -0.39 is 0 Å². The third-order valence-electron chi connectivity index (χ3n) is 5.13. The van der Waals surface area contributed by atoms with Gasteiger partial charge in [-0.2, -0.15) is 0 Å². The smallest absolute Gasteiger partial charge is 0.0441 e. The minimum Gasteiger partial charge on any atom is -0.313 e. The second-order valence-electron chi connectivity index (χ2n) is 6.33. The number of aryl methyl sites for hydroxylation is 1. The van der Waals surface area contributed by atoms with Crippen molar-refractivity contribution < 1.29 is 0 Å². The van der Waals surface area contributed by atoms with Crippen molar-refractivity contribution in [3.05, 3.63) is 34.3 Å². The summed E-state index contributed by atoms with van der Waals surface area (Å²) < 4.78 is 0. The molecule has 0 aliphatic heterocycles. The first-order valence-corrected chi connectivity index (χ1v) is 8.47. The Morgan fingerprint density at radius 1 is 1.25 bits per heavy atom. The molecule has 0 bridgehead atoms. The highest BCUT2D eigenvalue weighted by molar-refractivity contribution is 6.31. The summed E-state index contributed by atoms with van der Waals surface area (Å²) in [4.78, 5) is 0. The Morgan fingerprint density at radius 3 is 2.50 bits per heavy atom. The monoisotopic (exact) mass is 293 g/mol. The summed E-state index contributed by atoms with van der Waals surface area (Å²) in [5, 5.41) is 4.68. The number of hydrogen-bond acceptors (Lipinski definition) is 1. The lowest BCUT2D eigenvalue weighted by Gasteiger charge is -2.38. The molecule has 1 aromatic carbocycles. The number of nitrogens with one attached hydrogen (secondary N) is 1. The molecule has 0 spiro atoms. The molecule has 1 aliphatic rings. The first-order valence-electron chi connectivity index (χ1n) is 8.09. The molecule has 1 aliphatic carbocycles. The maximum Gasteiger partial charge on any atom is 0.0441 e. The third kappa shape index (κ3) is 3.38. The van der Waals surface area contributed by atoms with Gasteiger partial charge in [0.2, 0.25) is 0 Å². The highest BCUT2D eigenvalue weighted by atomic mass is 35.5. The van der Waals surface area contributed by atoms with E-state index in [4.69, 9.17) is 11.6 Å². The average molecular weight is 294 g/mol. The zero-order chi connectivity index (χ0) is 14.6. The highest BCUT2D eigenvalue weighted by Gasteiger charge is 2.39. The minimum absolute atomic E-state index is 0.476. The molecule has 20 heavy (non-hydrogen) atoms. The molecule has 1 N–H and O–H groups in total. The zero-order valence-corrected chi connectivity index (χ0v) is 13.9. The molecule has 1 nitrogen and oxygen atoms in total. The molecule has 1 unspecified atom stereocenters.